The van der Waals surface area contributed by atoms with E-state index in [9.17, 15) is 0 Å². The number of hydrogen-bond donors (Lipinski definition) is 1. The second-order valence-corrected chi connectivity index (χ2v) is 6.30. The van der Waals surface area contributed by atoms with Crippen LogP contribution in [-0.2, 0) is 0 Å². The number of nitrogens with one attached hydrogen (secondary N) is 1. The van der Waals surface area contributed by atoms with Gasteiger partial charge in [0.2, 0.25) is 0 Å². The van der Waals surface area contributed by atoms with E-state index in [0.29, 0.717) is 5.92 Å². The van der Waals surface area contributed by atoms with Crippen LogP contribution in [0.3, 0.4) is 0 Å². The van der Waals surface area contributed by atoms with Crippen molar-refractivity contribution < 1.29 is 0 Å². The second kappa shape index (κ2) is 8.86. The Morgan fingerprint density at radius 3 is 2.33 bits per heavy atom. The second-order valence-electron chi connectivity index (χ2n) is 6.30. The van der Waals surface area contributed by atoms with Crippen LogP contribution in [0.2, 0.25) is 0 Å². The van der Waals surface area contributed by atoms with E-state index < -0.39 is 0 Å². The number of unbranched alkanes of at least 4 members (excludes halogenated alkanes) is 7. The Labute approximate surface area is 129 Å². The molecule has 0 aliphatic rings. The molecule has 0 radical (unpaired) electrons. The van der Waals surface area contributed by atoms with Crippen LogP contribution in [0.25, 0.3) is 11.0 Å². The minimum absolute atomic E-state index is 0.539. The van der Waals surface area contributed by atoms with Gasteiger partial charge in [-0.05, 0) is 18.6 Å². The molecular formula is C19H30N2. The van der Waals surface area contributed by atoms with Gasteiger partial charge in [-0.1, -0.05) is 77.3 Å². The Morgan fingerprint density at radius 2 is 1.62 bits per heavy atom. The van der Waals surface area contributed by atoms with Gasteiger partial charge in [0.1, 0.15) is 5.82 Å². The fraction of sp³-hybridized carbons (Fsp3) is 0.632. The molecule has 116 valence electrons. The molecule has 0 fully saturated rings. The van der Waals surface area contributed by atoms with Crippen molar-refractivity contribution in [1.82, 2.24) is 9.97 Å². The van der Waals surface area contributed by atoms with Crippen molar-refractivity contribution in [1.29, 1.82) is 0 Å². The van der Waals surface area contributed by atoms with E-state index >= 15 is 0 Å². The molecule has 1 N–H and O–H groups in total. The minimum atomic E-state index is 0.539. The highest BCUT2D eigenvalue weighted by Gasteiger charge is 2.10. The monoisotopic (exact) mass is 286 g/mol. The summed E-state index contributed by atoms with van der Waals surface area (Å²) in [5.41, 5.74) is 2.26. The molecule has 0 spiro atoms. The molecule has 0 bridgehead atoms. The molecule has 0 saturated carbocycles. The van der Waals surface area contributed by atoms with E-state index in [0.717, 1.165) is 16.9 Å². The maximum absolute atomic E-state index is 4.71. The first-order valence-electron chi connectivity index (χ1n) is 8.76. The molecule has 0 amide bonds. The summed E-state index contributed by atoms with van der Waals surface area (Å²) in [7, 11) is 0. The van der Waals surface area contributed by atoms with Gasteiger partial charge in [0.25, 0.3) is 0 Å². The van der Waals surface area contributed by atoms with Gasteiger partial charge in [0, 0.05) is 5.92 Å². The number of aromatic amines is 1. The lowest BCUT2D eigenvalue weighted by atomic mass is 10.0. The Kier molecular flexibility index (Phi) is 6.78. The number of benzene rings is 1. The molecule has 1 aromatic carbocycles. The SMILES string of the molecule is CCCCCCCCCCC(C)c1nc2ccccc2[nH]1. The Bertz CT molecular complexity index is 482. The third-order valence-electron chi connectivity index (χ3n) is 4.37. The quantitative estimate of drug-likeness (QED) is 0.518. The van der Waals surface area contributed by atoms with E-state index in [2.05, 4.69) is 43.1 Å². The molecule has 1 atom stereocenters. The van der Waals surface area contributed by atoms with Crippen LogP contribution in [0.1, 0.15) is 83.4 Å². The fourth-order valence-electron chi connectivity index (χ4n) is 2.93. The summed E-state index contributed by atoms with van der Waals surface area (Å²) in [6.45, 7) is 4.57. The van der Waals surface area contributed by atoms with E-state index in [4.69, 9.17) is 4.98 Å². The predicted molar refractivity (Wildman–Crippen MR) is 91.7 cm³/mol. The molecule has 2 rings (SSSR count). The number of hydrogen-bond acceptors (Lipinski definition) is 1. The summed E-state index contributed by atoms with van der Waals surface area (Å²) in [6, 6.07) is 8.30. The molecule has 0 aliphatic carbocycles. The first kappa shape index (κ1) is 16.1. The van der Waals surface area contributed by atoms with Gasteiger partial charge in [-0.2, -0.15) is 0 Å². The van der Waals surface area contributed by atoms with Crippen molar-refractivity contribution >= 4 is 11.0 Å². The smallest absolute Gasteiger partial charge is 0.110 e. The molecule has 2 heteroatoms. The van der Waals surface area contributed by atoms with Gasteiger partial charge < -0.3 is 4.98 Å². The lowest BCUT2D eigenvalue weighted by Gasteiger charge is -2.08. The fourth-order valence-corrected chi connectivity index (χ4v) is 2.93. The van der Waals surface area contributed by atoms with Crippen molar-refractivity contribution in [3.05, 3.63) is 30.1 Å². The molecule has 1 heterocycles. The molecule has 1 unspecified atom stereocenters. The highest BCUT2D eigenvalue weighted by Crippen LogP contribution is 2.22. The van der Waals surface area contributed by atoms with Gasteiger partial charge in [0.15, 0.2) is 0 Å². The molecule has 21 heavy (non-hydrogen) atoms. The van der Waals surface area contributed by atoms with Crippen molar-refractivity contribution in [2.24, 2.45) is 0 Å². The predicted octanol–water partition coefficient (Wildman–Crippen LogP) is 6.20. The molecule has 0 aliphatic heterocycles. The number of H-pyrrole nitrogens is 1. The van der Waals surface area contributed by atoms with Gasteiger partial charge >= 0.3 is 0 Å². The van der Waals surface area contributed by atoms with E-state index in [1.807, 2.05) is 0 Å². The lowest BCUT2D eigenvalue weighted by Crippen LogP contribution is -1.96. The standard InChI is InChI=1S/C19H30N2/c1-3-4-5-6-7-8-9-10-13-16(2)19-20-17-14-11-12-15-18(17)21-19/h11-12,14-16H,3-10,13H2,1-2H3,(H,20,21). The number of fused-ring (bicyclic) bond motifs is 1. The third-order valence-corrected chi connectivity index (χ3v) is 4.37. The number of aromatic nitrogens is 2. The van der Waals surface area contributed by atoms with Crippen molar-refractivity contribution in [2.75, 3.05) is 0 Å². The van der Waals surface area contributed by atoms with Crippen molar-refractivity contribution in [3.8, 4) is 0 Å². The maximum Gasteiger partial charge on any atom is 0.110 e. The summed E-state index contributed by atoms with van der Waals surface area (Å²) >= 11 is 0. The molecule has 2 aromatic rings. The average Bonchev–Trinajstić information content (AvgIpc) is 2.94. The van der Waals surface area contributed by atoms with Crippen molar-refractivity contribution in [2.45, 2.75) is 77.6 Å². The zero-order chi connectivity index (χ0) is 14.9. The zero-order valence-electron chi connectivity index (χ0n) is 13.7. The van der Waals surface area contributed by atoms with Crippen LogP contribution in [0.15, 0.2) is 24.3 Å². The molecule has 1 aromatic heterocycles. The summed E-state index contributed by atoms with van der Waals surface area (Å²) in [5.74, 6) is 1.69. The van der Waals surface area contributed by atoms with Crippen LogP contribution < -0.4 is 0 Å². The summed E-state index contributed by atoms with van der Waals surface area (Å²) in [5, 5.41) is 0. The summed E-state index contributed by atoms with van der Waals surface area (Å²) < 4.78 is 0. The number of imidazole rings is 1. The molecular weight excluding hydrogens is 256 g/mol. The van der Waals surface area contributed by atoms with Gasteiger partial charge in [0.05, 0.1) is 11.0 Å². The normalized spacial score (nSPS) is 12.9. The van der Waals surface area contributed by atoms with Gasteiger partial charge in [-0.25, -0.2) is 4.98 Å². The first-order chi connectivity index (χ1) is 10.3. The number of rotatable bonds is 10. The zero-order valence-corrected chi connectivity index (χ0v) is 13.7. The van der Waals surface area contributed by atoms with Crippen LogP contribution in [0.4, 0.5) is 0 Å². The molecule has 2 nitrogen and oxygen atoms in total. The topological polar surface area (TPSA) is 28.7 Å². The Morgan fingerprint density at radius 1 is 0.952 bits per heavy atom. The Hall–Kier alpha value is -1.31. The third kappa shape index (κ3) is 5.18. The van der Waals surface area contributed by atoms with Gasteiger partial charge in [-0.15, -0.1) is 0 Å². The Balaban J connectivity index is 1.64. The lowest BCUT2D eigenvalue weighted by molar-refractivity contribution is 0.536. The minimum Gasteiger partial charge on any atom is -0.342 e. The van der Waals surface area contributed by atoms with Gasteiger partial charge in [-0.3, -0.25) is 0 Å². The van der Waals surface area contributed by atoms with E-state index in [1.165, 1.54) is 57.8 Å². The highest BCUT2D eigenvalue weighted by molar-refractivity contribution is 5.74. The number of nitrogens with zero attached hydrogens (tertiary/aromatic N) is 1. The van der Waals surface area contributed by atoms with E-state index in [1.54, 1.807) is 0 Å². The highest BCUT2D eigenvalue weighted by atomic mass is 14.9. The number of para-hydroxylation sites is 2. The van der Waals surface area contributed by atoms with Crippen LogP contribution in [-0.4, -0.2) is 9.97 Å². The van der Waals surface area contributed by atoms with Crippen LogP contribution in [0.5, 0.6) is 0 Å². The largest absolute Gasteiger partial charge is 0.342 e. The average molecular weight is 286 g/mol. The molecule has 0 saturated heterocycles. The van der Waals surface area contributed by atoms with E-state index in [-0.39, 0.29) is 0 Å². The summed E-state index contributed by atoms with van der Waals surface area (Å²) in [4.78, 5) is 8.17. The maximum atomic E-state index is 4.71. The first-order valence-corrected chi connectivity index (χ1v) is 8.76. The summed E-state index contributed by atoms with van der Waals surface area (Å²) in [6.07, 6.45) is 12.4. The van der Waals surface area contributed by atoms with Crippen molar-refractivity contribution in [3.63, 3.8) is 0 Å². The van der Waals surface area contributed by atoms with Crippen LogP contribution in [0, 0.1) is 0 Å². The van der Waals surface area contributed by atoms with Crippen LogP contribution >= 0.6 is 0 Å².